The highest BCUT2D eigenvalue weighted by molar-refractivity contribution is 5.54. The SMILES string of the molecule is CNc1ccc(C(C)(C)c2ccc(N)cc2)cc1C. The van der Waals surface area contributed by atoms with Crippen molar-refractivity contribution >= 4 is 11.4 Å². The maximum Gasteiger partial charge on any atom is 0.0367 e. The molecule has 2 nitrogen and oxygen atoms in total. The zero-order chi connectivity index (χ0) is 14.0. The molecule has 0 saturated carbocycles. The van der Waals surface area contributed by atoms with Crippen molar-refractivity contribution in [2.24, 2.45) is 0 Å². The number of rotatable bonds is 3. The predicted octanol–water partition coefficient (Wildman–Crippen LogP) is 3.94. The van der Waals surface area contributed by atoms with Crippen LogP contribution in [0.4, 0.5) is 11.4 Å². The monoisotopic (exact) mass is 254 g/mol. The normalized spacial score (nSPS) is 11.4. The second-order valence-corrected chi connectivity index (χ2v) is 5.53. The molecule has 2 heteroatoms. The van der Waals surface area contributed by atoms with Crippen molar-refractivity contribution in [2.75, 3.05) is 18.1 Å². The molecule has 0 aliphatic carbocycles. The molecule has 2 aromatic carbocycles. The highest BCUT2D eigenvalue weighted by atomic mass is 14.8. The first-order valence-electron chi connectivity index (χ1n) is 6.60. The van der Waals surface area contributed by atoms with Gasteiger partial charge >= 0.3 is 0 Å². The Balaban J connectivity index is 2.43. The molecule has 0 radical (unpaired) electrons. The van der Waals surface area contributed by atoms with Crippen molar-refractivity contribution in [1.29, 1.82) is 0 Å². The fourth-order valence-corrected chi connectivity index (χ4v) is 2.40. The first-order valence-corrected chi connectivity index (χ1v) is 6.60. The summed E-state index contributed by atoms with van der Waals surface area (Å²) in [4.78, 5) is 0. The van der Waals surface area contributed by atoms with Crippen LogP contribution in [0.25, 0.3) is 0 Å². The first kappa shape index (κ1) is 13.5. The highest BCUT2D eigenvalue weighted by Gasteiger charge is 2.23. The molecule has 2 rings (SSSR count). The topological polar surface area (TPSA) is 38.0 Å². The average molecular weight is 254 g/mol. The van der Waals surface area contributed by atoms with Gasteiger partial charge in [-0.1, -0.05) is 38.1 Å². The van der Waals surface area contributed by atoms with E-state index in [1.165, 1.54) is 22.4 Å². The summed E-state index contributed by atoms with van der Waals surface area (Å²) in [7, 11) is 1.95. The van der Waals surface area contributed by atoms with E-state index >= 15 is 0 Å². The van der Waals surface area contributed by atoms with Crippen LogP contribution in [0, 0.1) is 6.92 Å². The van der Waals surface area contributed by atoms with Crippen molar-refractivity contribution in [3.8, 4) is 0 Å². The van der Waals surface area contributed by atoms with Gasteiger partial charge < -0.3 is 11.1 Å². The van der Waals surface area contributed by atoms with Gasteiger partial charge in [-0.25, -0.2) is 0 Å². The maximum absolute atomic E-state index is 5.76. The summed E-state index contributed by atoms with van der Waals surface area (Å²) in [6.07, 6.45) is 0. The number of hydrogen-bond donors (Lipinski definition) is 2. The van der Waals surface area contributed by atoms with E-state index in [1.807, 2.05) is 19.2 Å². The summed E-state index contributed by atoms with van der Waals surface area (Å²) < 4.78 is 0. The average Bonchev–Trinajstić information content (AvgIpc) is 2.39. The number of aryl methyl sites for hydroxylation is 1. The Morgan fingerprint density at radius 2 is 1.53 bits per heavy atom. The van der Waals surface area contributed by atoms with E-state index in [4.69, 9.17) is 5.73 Å². The zero-order valence-electron chi connectivity index (χ0n) is 12.1. The third kappa shape index (κ3) is 2.58. The van der Waals surface area contributed by atoms with E-state index in [2.05, 4.69) is 56.4 Å². The van der Waals surface area contributed by atoms with Gasteiger partial charge in [0.25, 0.3) is 0 Å². The molecule has 0 spiro atoms. The molecule has 0 amide bonds. The fraction of sp³-hybridized carbons (Fsp3) is 0.294. The zero-order valence-corrected chi connectivity index (χ0v) is 12.1. The molecule has 0 aliphatic heterocycles. The second kappa shape index (κ2) is 4.96. The van der Waals surface area contributed by atoms with Crippen LogP contribution in [0.2, 0.25) is 0 Å². The summed E-state index contributed by atoms with van der Waals surface area (Å²) >= 11 is 0. The largest absolute Gasteiger partial charge is 0.399 e. The van der Waals surface area contributed by atoms with E-state index in [0.717, 1.165) is 5.69 Å². The summed E-state index contributed by atoms with van der Waals surface area (Å²) in [5.41, 5.74) is 11.6. The Labute approximate surface area is 115 Å². The number of hydrogen-bond acceptors (Lipinski definition) is 2. The Bertz CT molecular complexity index is 568. The van der Waals surface area contributed by atoms with Crippen molar-refractivity contribution in [1.82, 2.24) is 0 Å². The van der Waals surface area contributed by atoms with Crippen LogP contribution >= 0.6 is 0 Å². The Morgan fingerprint density at radius 1 is 0.947 bits per heavy atom. The molecule has 100 valence electrons. The minimum atomic E-state index is -0.0231. The van der Waals surface area contributed by atoms with Crippen molar-refractivity contribution < 1.29 is 0 Å². The predicted molar refractivity (Wildman–Crippen MR) is 83.7 cm³/mol. The van der Waals surface area contributed by atoms with Gasteiger partial charge in [0.05, 0.1) is 0 Å². The number of benzene rings is 2. The number of nitrogen functional groups attached to an aromatic ring is 1. The Kier molecular flexibility index (Phi) is 3.52. The molecule has 3 N–H and O–H groups in total. The van der Waals surface area contributed by atoms with Gasteiger partial charge in [0.15, 0.2) is 0 Å². The van der Waals surface area contributed by atoms with Crippen molar-refractivity contribution in [3.63, 3.8) is 0 Å². The first-order chi connectivity index (χ1) is 8.95. The molecule has 2 aromatic rings. The third-order valence-electron chi connectivity index (χ3n) is 3.85. The van der Waals surface area contributed by atoms with Crippen LogP contribution in [-0.4, -0.2) is 7.05 Å². The van der Waals surface area contributed by atoms with Gasteiger partial charge in [-0.05, 0) is 41.8 Å². The van der Waals surface area contributed by atoms with Crippen molar-refractivity contribution in [2.45, 2.75) is 26.2 Å². The summed E-state index contributed by atoms with van der Waals surface area (Å²) in [5, 5.41) is 3.20. The summed E-state index contributed by atoms with van der Waals surface area (Å²) in [6.45, 7) is 6.62. The van der Waals surface area contributed by atoms with E-state index in [-0.39, 0.29) is 5.41 Å². The standard InChI is InChI=1S/C17H22N2/c1-12-11-14(7-10-16(12)19-4)17(2,3)13-5-8-15(18)9-6-13/h5-11,19H,18H2,1-4H3. The summed E-state index contributed by atoms with van der Waals surface area (Å²) in [5.74, 6) is 0. The van der Waals surface area contributed by atoms with Gasteiger partial charge in [-0.2, -0.15) is 0 Å². The minimum Gasteiger partial charge on any atom is -0.399 e. The van der Waals surface area contributed by atoms with Gasteiger partial charge in [0.2, 0.25) is 0 Å². The Hall–Kier alpha value is -1.96. The minimum absolute atomic E-state index is 0.0231. The number of nitrogens with two attached hydrogens (primary N) is 1. The van der Waals surface area contributed by atoms with Gasteiger partial charge in [0.1, 0.15) is 0 Å². The maximum atomic E-state index is 5.76. The van der Waals surface area contributed by atoms with Crippen LogP contribution in [0.3, 0.4) is 0 Å². The molecule has 0 unspecified atom stereocenters. The highest BCUT2D eigenvalue weighted by Crippen LogP contribution is 2.33. The van der Waals surface area contributed by atoms with Crippen LogP contribution in [0.15, 0.2) is 42.5 Å². The van der Waals surface area contributed by atoms with Crippen LogP contribution < -0.4 is 11.1 Å². The molecule has 0 aromatic heterocycles. The van der Waals surface area contributed by atoms with E-state index in [1.54, 1.807) is 0 Å². The number of nitrogens with one attached hydrogen (secondary N) is 1. The molecule has 19 heavy (non-hydrogen) atoms. The molecule has 0 atom stereocenters. The van der Waals surface area contributed by atoms with E-state index in [9.17, 15) is 0 Å². The lowest BCUT2D eigenvalue weighted by atomic mass is 9.77. The smallest absolute Gasteiger partial charge is 0.0367 e. The molecule has 0 aliphatic rings. The molecule has 0 bridgehead atoms. The van der Waals surface area contributed by atoms with Crippen LogP contribution in [-0.2, 0) is 5.41 Å². The quantitative estimate of drug-likeness (QED) is 0.814. The molecule has 0 heterocycles. The van der Waals surface area contributed by atoms with Crippen LogP contribution in [0.5, 0.6) is 0 Å². The fourth-order valence-electron chi connectivity index (χ4n) is 2.40. The summed E-state index contributed by atoms with van der Waals surface area (Å²) in [6, 6.07) is 14.7. The molecule has 0 fully saturated rings. The molecule has 0 saturated heterocycles. The Morgan fingerprint density at radius 3 is 2.05 bits per heavy atom. The van der Waals surface area contributed by atoms with Gasteiger partial charge in [-0.15, -0.1) is 0 Å². The second-order valence-electron chi connectivity index (χ2n) is 5.53. The lowest BCUT2D eigenvalue weighted by Crippen LogP contribution is -2.19. The van der Waals surface area contributed by atoms with E-state index < -0.39 is 0 Å². The number of anilines is 2. The van der Waals surface area contributed by atoms with E-state index in [0.29, 0.717) is 0 Å². The molecular formula is C17H22N2. The van der Waals surface area contributed by atoms with Gasteiger partial charge in [-0.3, -0.25) is 0 Å². The lowest BCUT2D eigenvalue weighted by Gasteiger charge is -2.27. The molecular weight excluding hydrogens is 232 g/mol. The lowest BCUT2D eigenvalue weighted by molar-refractivity contribution is 0.640. The van der Waals surface area contributed by atoms with Crippen molar-refractivity contribution in [3.05, 3.63) is 59.2 Å². The van der Waals surface area contributed by atoms with Gasteiger partial charge in [0, 0.05) is 23.8 Å². The third-order valence-corrected chi connectivity index (χ3v) is 3.85. The van der Waals surface area contributed by atoms with Crippen LogP contribution in [0.1, 0.15) is 30.5 Å².